The molecule has 5 rings (SSSR count). The first kappa shape index (κ1) is 21.4. The highest BCUT2D eigenvalue weighted by molar-refractivity contribution is 5.78. The molecule has 1 aromatic carbocycles. The minimum atomic E-state index is -0.149. The first-order chi connectivity index (χ1) is 15.6. The van der Waals surface area contributed by atoms with Crippen LogP contribution in [0.25, 0.3) is 11.0 Å². The van der Waals surface area contributed by atoms with Crippen molar-refractivity contribution in [1.29, 1.82) is 0 Å². The van der Waals surface area contributed by atoms with Crippen LogP contribution in [-0.2, 0) is 20.7 Å². The molecule has 2 aromatic rings. The van der Waals surface area contributed by atoms with Crippen molar-refractivity contribution < 1.29 is 14.3 Å². The Balaban J connectivity index is 1.10. The van der Waals surface area contributed by atoms with E-state index < -0.39 is 0 Å². The van der Waals surface area contributed by atoms with Crippen LogP contribution in [0.3, 0.4) is 0 Å². The zero-order valence-electron chi connectivity index (χ0n) is 18.9. The van der Waals surface area contributed by atoms with E-state index >= 15 is 0 Å². The van der Waals surface area contributed by atoms with Crippen LogP contribution < -0.4 is 0 Å². The number of hydrogen-bond donors (Lipinski definition) is 1. The molecule has 0 saturated carbocycles. The van der Waals surface area contributed by atoms with Gasteiger partial charge in [0.15, 0.2) is 0 Å². The molecule has 1 aromatic heterocycles. The Bertz CT molecular complexity index is 924. The summed E-state index contributed by atoms with van der Waals surface area (Å²) in [6.07, 6.45) is 7.72. The second-order valence-corrected chi connectivity index (χ2v) is 9.76. The van der Waals surface area contributed by atoms with Gasteiger partial charge < -0.3 is 19.5 Å². The summed E-state index contributed by atoms with van der Waals surface area (Å²) in [5.41, 5.74) is 1.81. The molecule has 7 nitrogen and oxygen atoms in total. The fraction of sp³-hybridized carbons (Fsp3) is 0.640. The zero-order chi connectivity index (χ0) is 22.0. The van der Waals surface area contributed by atoms with Crippen molar-refractivity contribution in [3.63, 3.8) is 0 Å². The van der Waals surface area contributed by atoms with Gasteiger partial charge in [0.25, 0.3) is 0 Å². The number of carbonyl (C=O) groups excluding carboxylic acids is 2. The van der Waals surface area contributed by atoms with Crippen LogP contribution in [0.1, 0.15) is 57.2 Å². The quantitative estimate of drug-likeness (QED) is 0.777. The minimum Gasteiger partial charge on any atom is -0.375 e. The molecule has 3 saturated heterocycles. The number of amides is 2. The average molecular weight is 439 g/mol. The maximum Gasteiger partial charge on any atom is 0.223 e. The van der Waals surface area contributed by atoms with Crippen LogP contribution >= 0.6 is 0 Å². The van der Waals surface area contributed by atoms with E-state index in [2.05, 4.69) is 9.97 Å². The monoisotopic (exact) mass is 438 g/mol. The molecule has 2 amide bonds. The Morgan fingerprint density at radius 1 is 1.06 bits per heavy atom. The Kier molecular flexibility index (Phi) is 6.17. The largest absolute Gasteiger partial charge is 0.375 e. The number of aryl methyl sites for hydroxylation is 1. The fourth-order valence-corrected chi connectivity index (χ4v) is 5.67. The Morgan fingerprint density at radius 2 is 1.81 bits per heavy atom. The Labute approximate surface area is 189 Å². The van der Waals surface area contributed by atoms with E-state index in [1.807, 2.05) is 34.1 Å². The predicted octanol–water partition coefficient (Wildman–Crippen LogP) is 3.30. The molecule has 7 heteroatoms. The number of imidazole rings is 1. The summed E-state index contributed by atoms with van der Waals surface area (Å²) < 4.78 is 6.26. The van der Waals surface area contributed by atoms with Crippen LogP contribution in [0.15, 0.2) is 24.3 Å². The summed E-state index contributed by atoms with van der Waals surface area (Å²) in [6, 6.07) is 7.95. The van der Waals surface area contributed by atoms with Crippen molar-refractivity contribution in [1.82, 2.24) is 19.8 Å². The number of benzene rings is 1. The standard InChI is InChI=1S/C25H34N4O3/c30-23(8-7-22-26-20-5-1-2-6-21(20)27-22)29-14-10-25(11-15-29)18-19(9-16-32-25)17-24(31)28-12-3-4-13-28/h1-2,5-6,19H,3-4,7-18H2,(H,26,27). The Hall–Kier alpha value is -2.41. The first-order valence-corrected chi connectivity index (χ1v) is 12.2. The zero-order valence-corrected chi connectivity index (χ0v) is 18.9. The molecular weight excluding hydrogens is 404 g/mol. The number of rotatable bonds is 5. The summed E-state index contributed by atoms with van der Waals surface area (Å²) in [4.78, 5) is 37.3. The number of aromatic amines is 1. The summed E-state index contributed by atoms with van der Waals surface area (Å²) >= 11 is 0. The molecule has 172 valence electrons. The van der Waals surface area contributed by atoms with E-state index in [1.165, 1.54) is 0 Å². The maximum atomic E-state index is 12.8. The van der Waals surface area contributed by atoms with Crippen molar-refractivity contribution in [3.05, 3.63) is 30.1 Å². The average Bonchev–Trinajstić information content (AvgIpc) is 3.48. The topological polar surface area (TPSA) is 78.5 Å². The lowest BCUT2D eigenvalue weighted by Gasteiger charge is -2.46. The molecule has 0 aliphatic carbocycles. The third-order valence-electron chi connectivity index (χ3n) is 7.56. The van der Waals surface area contributed by atoms with Crippen molar-refractivity contribution in [3.8, 4) is 0 Å². The number of fused-ring (bicyclic) bond motifs is 1. The van der Waals surface area contributed by atoms with Crippen LogP contribution in [0.2, 0.25) is 0 Å². The SMILES string of the molecule is O=C(CCc1nc2ccccc2[nH]1)N1CCC2(CC1)CC(CC(=O)N1CCCC1)CCO2. The molecule has 0 bridgehead atoms. The van der Waals surface area contributed by atoms with Gasteiger partial charge in [0.05, 0.1) is 16.6 Å². The van der Waals surface area contributed by atoms with Gasteiger partial charge in [-0.1, -0.05) is 12.1 Å². The summed E-state index contributed by atoms with van der Waals surface area (Å²) in [7, 11) is 0. The molecule has 3 aliphatic rings. The highest BCUT2D eigenvalue weighted by Crippen LogP contribution is 2.39. The molecule has 0 radical (unpaired) electrons. The van der Waals surface area contributed by atoms with E-state index in [4.69, 9.17) is 4.74 Å². The van der Waals surface area contributed by atoms with Gasteiger partial charge in [0.1, 0.15) is 5.82 Å². The third-order valence-corrected chi connectivity index (χ3v) is 7.56. The summed E-state index contributed by atoms with van der Waals surface area (Å²) in [5.74, 6) is 1.79. The number of likely N-dealkylation sites (tertiary alicyclic amines) is 2. The molecule has 1 atom stereocenters. The number of piperidine rings is 1. The normalized spacial score (nSPS) is 23.2. The van der Waals surface area contributed by atoms with E-state index in [9.17, 15) is 9.59 Å². The highest BCUT2D eigenvalue weighted by atomic mass is 16.5. The number of carbonyl (C=O) groups is 2. The van der Waals surface area contributed by atoms with Crippen molar-refractivity contribution in [2.45, 2.75) is 63.4 Å². The van der Waals surface area contributed by atoms with Crippen molar-refractivity contribution in [2.24, 2.45) is 5.92 Å². The molecule has 3 fully saturated rings. The Morgan fingerprint density at radius 3 is 2.59 bits per heavy atom. The van der Waals surface area contributed by atoms with Crippen LogP contribution in [0.5, 0.6) is 0 Å². The van der Waals surface area contributed by atoms with Gasteiger partial charge in [-0.2, -0.15) is 0 Å². The minimum absolute atomic E-state index is 0.149. The van der Waals surface area contributed by atoms with Gasteiger partial charge in [-0.05, 0) is 56.6 Å². The van der Waals surface area contributed by atoms with Crippen molar-refractivity contribution >= 4 is 22.8 Å². The number of nitrogens with one attached hydrogen (secondary N) is 1. The number of ether oxygens (including phenoxy) is 1. The van der Waals surface area contributed by atoms with E-state index in [0.29, 0.717) is 31.1 Å². The number of para-hydroxylation sites is 2. The molecule has 32 heavy (non-hydrogen) atoms. The number of hydrogen-bond acceptors (Lipinski definition) is 4. The second-order valence-electron chi connectivity index (χ2n) is 9.76. The van der Waals surface area contributed by atoms with Gasteiger partial charge in [-0.15, -0.1) is 0 Å². The van der Waals surface area contributed by atoms with Gasteiger partial charge in [-0.25, -0.2) is 4.98 Å². The maximum absolute atomic E-state index is 12.8. The lowest BCUT2D eigenvalue weighted by Crippen LogP contribution is -2.51. The lowest BCUT2D eigenvalue weighted by atomic mass is 9.78. The van der Waals surface area contributed by atoms with E-state index in [0.717, 1.165) is 88.2 Å². The molecule has 3 aliphatic heterocycles. The lowest BCUT2D eigenvalue weighted by molar-refractivity contribution is -0.149. The third kappa shape index (κ3) is 4.68. The summed E-state index contributed by atoms with van der Waals surface area (Å²) in [5, 5.41) is 0. The molecular formula is C25H34N4O3. The highest BCUT2D eigenvalue weighted by Gasteiger charge is 2.41. The van der Waals surface area contributed by atoms with E-state index in [1.54, 1.807) is 0 Å². The smallest absolute Gasteiger partial charge is 0.223 e. The van der Waals surface area contributed by atoms with Crippen LogP contribution in [-0.4, -0.2) is 70.0 Å². The predicted molar refractivity (Wildman–Crippen MR) is 122 cm³/mol. The fourth-order valence-electron chi connectivity index (χ4n) is 5.67. The van der Waals surface area contributed by atoms with Gasteiger partial charge in [-0.3, -0.25) is 9.59 Å². The second kappa shape index (κ2) is 9.22. The summed E-state index contributed by atoms with van der Waals surface area (Å²) in [6.45, 7) is 4.08. The molecule has 1 N–H and O–H groups in total. The number of aromatic nitrogens is 2. The van der Waals surface area contributed by atoms with Gasteiger partial charge in [0, 0.05) is 52.0 Å². The molecule has 4 heterocycles. The van der Waals surface area contributed by atoms with Crippen molar-refractivity contribution in [2.75, 3.05) is 32.8 Å². The van der Waals surface area contributed by atoms with Crippen LogP contribution in [0, 0.1) is 5.92 Å². The van der Waals surface area contributed by atoms with Gasteiger partial charge in [0.2, 0.25) is 11.8 Å². The number of nitrogens with zero attached hydrogens (tertiary/aromatic N) is 3. The van der Waals surface area contributed by atoms with Crippen LogP contribution in [0.4, 0.5) is 0 Å². The van der Waals surface area contributed by atoms with E-state index in [-0.39, 0.29) is 11.5 Å². The molecule has 1 unspecified atom stereocenters. The number of H-pyrrole nitrogens is 1. The molecule has 1 spiro atoms. The van der Waals surface area contributed by atoms with Gasteiger partial charge >= 0.3 is 0 Å². The first-order valence-electron chi connectivity index (χ1n) is 12.2.